The standard InChI is InChI=1S/C12H24N/c1-3-4-5-6-7-8-9-10-11-12(2)13/h6-7,12-13H,3-5,8-11H2,1-2H3. The molecule has 0 aliphatic rings. The number of hydrogen-bond acceptors (Lipinski definition) is 0. The minimum Gasteiger partial charge on any atom is -0.255 e. The van der Waals surface area contributed by atoms with Crippen molar-refractivity contribution in [2.24, 2.45) is 0 Å². The third kappa shape index (κ3) is 11.7. The summed E-state index contributed by atoms with van der Waals surface area (Å²) in [5.41, 5.74) is 7.33. The van der Waals surface area contributed by atoms with Crippen molar-refractivity contribution < 1.29 is 0 Å². The fourth-order valence-corrected chi connectivity index (χ4v) is 1.27. The van der Waals surface area contributed by atoms with E-state index in [-0.39, 0.29) is 6.04 Å². The summed E-state index contributed by atoms with van der Waals surface area (Å²) in [6.07, 6.45) is 13.2. The molecule has 0 aromatic heterocycles. The molecule has 0 aromatic carbocycles. The molecule has 0 bridgehead atoms. The van der Waals surface area contributed by atoms with Gasteiger partial charge >= 0.3 is 0 Å². The number of nitrogens with one attached hydrogen (secondary N) is 1. The molecule has 1 heteroatoms. The Kier molecular flexibility index (Phi) is 9.56. The minimum absolute atomic E-state index is 0.129. The van der Waals surface area contributed by atoms with Crippen molar-refractivity contribution in [2.45, 2.75) is 64.8 Å². The molecule has 1 atom stereocenters. The molecular weight excluding hydrogens is 158 g/mol. The molecule has 13 heavy (non-hydrogen) atoms. The number of hydrogen-bond donors (Lipinski definition) is 0. The van der Waals surface area contributed by atoms with Crippen molar-refractivity contribution in [2.75, 3.05) is 0 Å². The van der Waals surface area contributed by atoms with Crippen LogP contribution in [0, 0.1) is 0 Å². The molecule has 0 aliphatic heterocycles. The summed E-state index contributed by atoms with van der Waals surface area (Å²) in [7, 11) is 0. The Morgan fingerprint density at radius 2 is 1.69 bits per heavy atom. The number of allylic oxidation sites excluding steroid dienone is 2. The number of rotatable bonds is 8. The molecule has 0 rings (SSSR count). The van der Waals surface area contributed by atoms with Gasteiger partial charge in [-0.2, -0.15) is 0 Å². The lowest BCUT2D eigenvalue weighted by atomic mass is 10.1. The van der Waals surface area contributed by atoms with Crippen molar-refractivity contribution >= 4 is 0 Å². The summed E-state index contributed by atoms with van der Waals surface area (Å²) in [6, 6.07) is 0.129. The van der Waals surface area contributed by atoms with E-state index in [4.69, 9.17) is 5.73 Å². The second-order valence-electron chi connectivity index (χ2n) is 3.80. The normalized spacial score (nSPS) is 13.8. The molecule has 0 amide bonds. The van der Waals surface area contributed by atoms with Crippen molar-refractivity contribution in [1.29, 1.82) is 0 Å². The maximum atomic E-state index is 7.33. The van der Waals surface area contributed by atoms with E-state index >= 15 is 0 Å². The molecule has 0 spiro atoms. The Balaban J connectivity index is 3.02. The van der Waals surface area contributed by atoms with Crippen LogP contribution in [0.5, 0.6) is 0 Å². The highest BCUT2D eigenvalue weighted by Crippen LogP contribution is 2.04. The molecule has 1 nitrogen and oxygen atoms in total. The zero-order chi connectivity index (χ0) is 9.94. The highest BCUT2D eigenvalue weighted by molar-refractivity contribution is 4.81. The van der Waals surface area contributed by atoms with Crippen LogP contribution in [0.1, 0.15) is 58.8 Å². The average molecular weight is 182 g/mol. The Morgan fingerprint density at radius 1 is 1.08 bits per heavy atom. The van der Waals surface area contributed by atoms with E-state index < -0.39 is 0 Å². The van der Waals surface area contributed by atoms with Gasteiger partial charge in [-0.15, -0.1) is 0 Å². The second-order valence-corrected chi connectivity index (χ2v) is 3.80. The van der Waals surface area contributed by atoms with E-state index in [9.17, 15) is 0 Å². The molecule has 0 saturated heterocycles. The summed E-state index contributed by atoms with van der Waals surface area (Å²) < 4.78 is 0. The van der Waals surface area contributed by atoms with Gasteiger partial charge < -0.3 is 0 Å². The van der Waals surface area contributed by atoms with E-state index in [0.29, 0.717) is 0 Å². The van der Waals surface area contributed by atoms with Crippen LogP contribution in [-0.4, -0.2) is 6.04 Å². The van der Waals surface area contributed by atoms with Gasteiger partial charge in [-0.1, -0.05) is 38.3 Å². The lowest BCUT2D eigenvalue weighted by Gasteiger charge is -2.00. The minimum atomic E-state index is 0.129. The average Bonchev–Trinajstić information content (AvgIpc) is 2.09. The first-order valence-electron chi connectivity index (χ1n) is 5.63. The predicted octanol–water partition coefficient (Wildman–Crippen LogP) is 3.96. The highest BCUT2D eigenvalue weighted by atomic mass is 14.6. The lowest BCUT2D eigenvalue weighted by molar-refractivity contribution is 0.589. The molecule has 1 N–H and O–H groups in total. The van der Waals surface area contributed by atoms with Gasteiger partial charge in [-0.25, -0.2) is 0 Å². The summed E-state index contributed by atoms with van der Waals surface area (Å²) in [6.45, 7) is 4.20. The predicted molar refractivity (Wildman–Crippen MR) is 59.7 cm³/mol. The van der Waals surface area contributed by atoms with Gasteiger partial charge in [0.2, 0.25) is 0 Å². The Morgan fingerprint density at radius 3 is 2.23 bits per heavy atom. The largest absolute Gasteiger partial charge is 0.255 e. The van der Waals surface area contributed by atoms with E-state index in [1.165, 1.54) is 38.5 Å². The van der Waals surface area contributed by atoms with Crippen LogP contribution in [0.25, 0.3) is 0 Å². The van der Waals surface area contributed by atoms with Gasteiger partial charge in [0, 0.05) is 6.04 Å². The van der Waals surface area contributed by atoms with Crippen LogP contribution in [0.2, 0.25) is 0 Å². The van der Waals surface area contributed by atoms with E-state index in [1.807, 2.05) is 6.92 Å². The Hall–Kier alpha value is -0.300. The zero-order valence-corrected chi connectivity index (χ0v) is 9.18. The summed E-state index contributed by atoms with van der Waals surface area (Å²) >= 11 is 0. The smallest absolute Gasteiger partial charge is 0.0184 e. The van der Waals surface area contributed by atoms with Crippen LogP contribution in [0.15, 0.2) is 12.2 Å². The van der Waals surface area contributed by atoms with Crippen LogP contribution < -0.4 is 5.73 Å². The molecule has 0 saturated carbocycles. The molecule has 1 radical (unpaired) electrons. The third-order valence-electron chi connectivity index (χ3n) is 2.15. The van der Waals surface area contributed by atoms with Crippen LogP contribution in [-0.2, 0) is 0 Å². The molecule has 0 aromatic rings. The quantitative estimate of drug-likeness (QED) is 0.401. The molecule has 0 aliphatic carbocycles. The van der Waals surface area contributed by atoms with Crippen molar-refractivity contribution in [3.63, 3.8) is 0 Å². The van der Waals surface area contributed by atoms with E-state index in [0.717, 1.165) is 6.42 Å². The van der Waals surface area contributed by atoms with E-state index in [2.05, 4.69) is 19.1 Å². The van der Waals surface area contributed by atoms with Gasteiger partial charge in [0.15, 0.2) is 0 Å². The summed E-state index contributed by atoms with van der Waals surface area (Å²) in [5, 5.41) is 0. The molecular formula is C12H24N. The molecule has 0 fully saturated rings. The van der Waals surface area contributed by atoms with Gasteiger partial charge in [0.05, 0.1) is 0 Å². The molecule has 1 unspecified atom stereocenters. The van der Waals surface area contributed by atoms with Gasteiger partial charge in [-0.05, 0) is 32.6 Å². The monoisotopic (exact) mass is 182 g/mol. The third-order valence-corrected chi connectivity index (χ3v) is 2.15. The highest BCUT2D eigenvalue weighted by Gasteiger charge is 1.92. The van der Waals surface area contributed by atoms with Crippen LogP contribution in [0.3, 0.4) is 0 Å². The maximum Gasteiger partial charge on any atom is 0.0184 e. The van der Waals surface area contributed by atoms with Crippen molar-refractivity contribution in [3.05, 3.63) is 12.2 Å². The summed E-state index contributed by atoms with van der Waals surface area (Å²) in [5.74, 6) is 0. The fourth-order valence-electron chi connectivity index (χ4n) is 1.27. The maximum absolute atomic E-state index is 7.33. The topological polar surface area (TPSA) is 23.8 Å². The van der Waals surface area contributed by atoms with Gasteiger partial charge in [-0.3, -0.25) is 5.73 Å². The van der Waals surface area contributed by atoms with Gasteiger partial charge in [0.25, 0.3) is 0 Å². The Bertz CT molecular complexity index is 116. The van der Waals surface area contributed by atoms with E-state index in [1.54, 1.807) is 0 Å². The first-order chi connectivity index (χ1) is 6.27. The first kappa shape index (κ1) is 12.7. The van der Waals surface area contributed by atoms with Gasteiger partial charge in [0.1, 0.15) is 0 Å². The first-order valence-corrected chi connectivity index (χ1v) is 5.63. The summed E-state index contributed by atoms with van der Waals surface area (Å²) in [4.78, 5) is 0. The SMILES string of the molecule is CCCCC=CCCCCC(C)[NH]. The number of unbranched alkanes of at least 4 members (excludes halogenated alkanes) is 4. The van der Waals surface area contributed by atoms with Crippen molar-refractivity contribution in [1.82, 2.24) is 5.73 Å². The second kappa shape index (κ2) is 9.79. The van der Waals surface area contributed by atoms with Crippen LogP contribution >= 0.6 is 0 Å². The van der Waals surface area contributed by atoms with Crippen molar-refractivity contribution in [3.8, 4) is 0 Å². The lowest BCUT2D eigenvalue weighted by Crippen LogP contribution is -2.00. The fraction of sp³-hybridized carbons (Fsp3) is 0.833. The molecule has 0 heterocycles. The zero-order valence-electron chi connectivity index (χ0n) is 9.18. The Labute approximate surface area is 83.4 Å². The molecule has 77 valence electrons. The van der Waals surface area contributed by atoms with Crippen LogP contribution in [0.4, 0.5) is 0 Å².